The van der Waals surface area contributed by atoms with E-state index in [1.54, 1.807) is 36.7 Å². The number of rotatable bonds is 6. The summed E-state index contributed by atoms with van der Waals surface area (Å²) in [4.78, 5) is 8.69. The van der Waals surface area contributed by atoms with Crippen LogP contribution in [0.25, 0.3) is 0 Å². The van der Waals surface area contributed by atoms with Crippen LogP contribution in [0.15, 0.2) is 92.6 Å². The minimum absolute atomic E-state index is 0.0248. The summed E-state index contributed by atoms with van der Waals surface area (Å²) >= 11 is 0. The minimum atomic E-state index is -3.73. The van der Waals surface area contributed by atoms with Crippen molar-refractivity contribution < 1.29 is 16.8 Å². The smallest absolute Gasteiger partial charge is 0.238 e. The first-order chi connectivity index (χ1) is 14.1. The van der Waals surface area contributed by atoms with Crippen LogP contribution in [0, 0.1) is 0 Å². The Morgan fingerprint density at radius 2 is 0.967 bits per heavy atom. The van der Waals surface area contributed by atoms with Gasteiger partial charge in [-0.2, -0.15) is 0 Å². The Bertz CT molecular complexity index is 1210. The Hall–Kier alpha value is -3.18. The van der Waals surface area contributed by atoms with Crippen LogP contribution in [0.4, 0.5) is 11.4 Å². The zero-order chi connectivity index (χ0) is 21.8. The third kappa shape index (κ3) is 5.91. The molecule has 8 nitrogen and oxygen atoms in total. The predicted molar refractivity (Wildman–Crippen MR) is 117 cm³/mol. The average Bonchev–Trinajstić information content (AvgIpc) is 2.70. The van der Waals surface area contributed by atoms with Crippen LogP contribution in [-0.2, 0) is 20.0 Å². The fraction of sp³-hybridized carbons (Fsp3) is 0. The van der Waals surface area contributed by atoms with Crippen molar-refractivity contribution in [3.8, 4) is 0 Å². The van der Waals surface area contributed by atoms with E-state index in [0.29, 0.717) is 11.4 Å². The van der Waals surface area contributed by atoms with E-state index in [-0.39, 0.29) is 9.79 Å². The number of hydrogen-bond donors (Lipinski definition) is 2. The second-order valence-corrected chi connectivity index (χ2v) is 9.39. The first-order valence-corrected chi connectivity index (χ1v) is 11.6. The predicted octanol–water partition coefficient (Wildman–Crippen LogP) is 2.48. The van der Waals surface area contributed by atoms with Gasteiger partial charge in [-0.25, -0.2) is 27.1 Å². The van der Waals surface area contributed by atoms with Crippen LogP contribution in [0.1, 0.15) is 11.1 Å². The molecule has 30 heavy (non-hydrogen) atoms. The van der Waals surface area contributed by atoms with Crippen molar-refractivity contribution >= 4 is 43.9 Å². The van der Waals surface area contributed by atoms with Gasteiger partial charge in [0.2, 0.25) is 20.0 Å². The summed E-state index contributed by atoms with van der Waals surface area (Å²) in [5, 5.41) is 10.1. The Balaban J connectivity index is 1.73. The van der Waals surface area contributed by atoms with E-state index in [9.17, 15) is 16.8 Å². The molecule has 0 aliphatic carbocycles. The average molecular weight is 443 g/mol. The van der Waals surface area contributed by atoms with Gasteiger partial charge in [-0.15, -0.1) is 0 Å². The molecule has 3 aromatic carbocycles. The summed E-state index contributed by atoms with van der Waals surface area (Å²) in [6, 6.07) is 19.3. The molecule has 0 amide bonds. The summed E-state index contributed by atoms with van der Waals surface area (Å²) in [7, 11) is -7.47. The molecule has 154 valence electrons. The monoisotopic (exact) mass is 442 g/mol. The van der Waals surface area contributed by atoms with Gasteiger partial charge in [-0.05, 0) is 65.7 Å². The number of nitrogens with two attached hydrogens (primary N) is 2. The molecule has 0 unspecified atom stereocenters. The molecule has 0 saturated heterocycles. The zero-order valence-corrected chi connectivity index (χ0v) is 17.2. The molecule has 0 bridgehead atoms. The van der Waals surface area contributed by atoms with E-state index < -0.39 is 20.0 Å². The molecule has 0 saturated carbocycles. The van der Waals surface area contributed by atoms with Crippen LogP contribution in [0.2, 0.25) is 0 Å². The molecule has 4 N–H and O–H groups in total. The maximum atomic E-state index is 11.3. The highest BCUT2D eigenvalue weighted by Gasteiger charge is 2.07. The standard InChI is InChI=1S/C20H18N4O4S2/c21-29(25,26)19-8-4-17(5-9-19)23-13-15-2-1-3-16(12-15)14-24-18-6-10-20(11-7-18)30(22,27)28/h1-14H,(H2,21,25,26)(H2,22,27,28). The van der Waals surface area contributed by atoms with Crippen LogP contribution >= 0.6 is 0 Å². The van der Waals surface area contributed by atoms with Gasteiger partial charge in [-0.3, -0.25) is 9.98 Å². The molecular formula is C20H18N4O4S2. The lowest BCUT2D eigenvalue weighted by Crippen LogP contribution is -2.11. The quantitative estimate of drug-likeness (QED) is 0.565. The molecular weight excluding hydrogens is 424 g/mol. The lowest BCUT2D eigenvalue weighted by molar-refractivity contribution is 0.596. The molecule has 0 radical (unpaired) electrons. The highest BCUT2D eigenvalue weighted by molar-refractivity contribution is 7.89. The zero-order valence-electron chi connectivity index (χ0n) is 15.6. The van der Waals surface area contributed by atoms with E-state index in [2.05, 4.69) is 9.98 Å². The van der Waals surface area contributed by atoms with Gasteiger partial charge in [-0.1, -0.05) is 18.2 Å². The van der Waals surface area contributed by atoms with E-state index >= 15 is 0 Å². The van der Waals surface area contributed by atoms with Crippen molar-refractivity contribution in [2.75, 3.05) is 0 Å². The number of sulfonamides is 2. The van der Waals surface area contributed by atoms with Gasteiger partial charge in [0.05, 0.1) is 21.2 Å². The second kappa shape index (κ2) is 8.67. The van der Waals surface area contributed by atoms with Crippen molar-refractivity contribution in [3.05, 3.63) is 83.9 Å². The summed E-state index contributed by atoms with van der Waals surface area (Å²) in [6.45, 7) is 0. The van der Waals surface area contributed by atoms with Crippen molar-refractivity contribution in [2.24, 2.45) is 20.3 Å². The molecule has 10 heteroatoms. The van der Waals surface area contributed by atoms with Crippen LogP contribution < -0.4 is 10.3 Å². The van der Waals surface area contributed by atoms with E-state index in [4.69, 9.17) is 10.3 Å². The maximum absolute atomic E-state index is 11.3. The molecule has 0 aliphatic heterocycles. The Morgan fingerprint density at radius 1 is 0.600 bits per heavy atom. The van der Waals surface area contributed by atoms with Gasteiger partial charge in [0, 0.05) is 12.4 Å². The number of primary sulfonamides is 2. The minimum Gasteiger partial charge on any atom is -0.256 e. The molecule has 3 aromatic rings. The highest BCUT2D eigenvalue weighted by atomic mass is 32.2. The molecule has 0 aliphatic rings. The lowest BCUT2D eigenvalue weighted by Gasteiger charge is -2.00. The Morgan fingerprint density at radius 3 is 1.30 bits per heavy atom. The molecule has 0 aromatic heterocycles. The number of nitrogens with zero attached hydrogens (tertiary/aromatic N) is 2. The number of benzene rings is 3. The van der Waals surface area contributed by atoms with Gasteiger partial charge in [0.25, 0.3) is 0 Å². The van der Waals surface area contributed by atoms with E-state index in [1.807, 2.05) is 24.3 Å². The maximum Gasteiger partial charge on any atom is 0.238 e. The van der Waals surface area contributed by atoms with Crippen molar-refractivity contribution in [1.29, 1.82) is 0 Å². The van der Waals surface area contributed by atoms with Gasteiger partial charge in [0.1, 0.15) is 0 Å². The molecule has 0 atom stereocenters. The molecule has 0 spiro atoms. The SMILES string of the molecule is NS(=O)(=O)c1ccc(N=Cc2cccc(C=Nc3ccc(S(N)(=O)=O)cc3)c2)cc1. The van der Waals surface area contributed by atoms with Crippen LogP contribution in [-0.4, -0.2) is 29.3 Å². The normalized spacial score (nSPS) is 12.6. The summed E-state index contributed by atoms with van der Waals surface area (Å²) in [6.07, 6.45) is 3.29. The number of aliphatic imine (C=N–C) groups is 2. The van der Waals surface area contributed by atoms with Crippen LogP contribution in [0.5, 0.6) is 0 Å². The van der Waals surface area contributed by atoms with Gasteiger partial charge >= 0.3 is 0 Å². The number of hydrogen-bond acceptors (Lipinski definition) is 6. The third-order valence-corrected chi connectivity index (χ3v) is 5.83. The van der Waals surface area contributed by atoms with Crippen molar-refractivity contribution in [3.63, 3.8) is 0 Å². The lowest BCUT2D eigenvalue weighted by atomic mass is 10.1. The van der Waals surface area contributed by atoms with Crippen molar-refractivity contribution in [2.45, 2.75) is 9.79 Å². The Labute approximate surface area is 174 Å². The summed E-state index contributed by atoms with van der Waals surface area (Å²) < 4.78 is 45.1. The third-order valence-electron chi connectivity index (χ3n) is 3.97. The highest BCUT2D eigenvalue weighted by Crippen LogP contribution is 2.17. The molecule has 3 rings (SSSR count). The van der Waals surface area contributed by atoms with E-state index in [1.165, 1.54) is 24.3 Å². The fourth-order valence-electron chi connectivity index (χ4n) is 2.46. The molecule has 0 fully saturated rings. The fourth-order valence-corrected chi connectivity index (χ4v) is 3.49. The molecule has 0 heterocycles. The largest absolute Gasteiger partial charge is 0.256 e. The van der Waals surface area contributed by atoms with Crippen LogP contribution in [0.3, 0.4) is 0 Å². The Kier molecular flexibility index (Phi) is 6.22. The first-order valence-electron chi connectivity index (χ1n) is 8.55. The van der Waals surface area contributed by atoms with Gasteiger partial charge < -0.3 is 0 Å². The topological polar surface area (TPSA) is 145 Å². The summed E-state index contributed by atoms with van der Waals surface area (Å²) in [5.41, 5.74) is 2.80. The van der Waals surface area contributed by atoms with Gasteiger partial charge in [0.15, 0.2) is 0 Å². The van der Waals surface area contributed by atoms with E-state index in [0.717, 1.165) is 11.1 Å². The second-order valence-electron chi connectivity index (χ2n) is 6.26. The summed E-state index contributed by atoms with van der Waals surface area (Å²) in [5.74, 6) is 0. The first kappa shape index (κ1) is 21.5. The van der Waals surface area contributed by atoms with Crippen molar-refractivity contribution in [1.82, 2.24) is 0 Å².